The fraction of sp³-hybridized carbons (Fsp3) is 0.939. The number of ether oxygens (including phenoxy) is 4. The van der Waals surface area contributed by atoms with Gasteiger partial charge in [-0.1, -0.05) is 291 Å². The second kappa shape index (κ2) is 60.9. The number of aliphatic hydroxyl groups excluding tert-OH is 1. The Morgan fingerprint density at radius 2 is 0.471 bits per heavy atom. The van der Waals surface area contributed by atoms with Crippen molar-refractivity contribution in [3.05, 3.63) is 0 Å². The third kappa shape index (κ3) is 60.7. The Kier molecular flexibility index (Phi) is 59.6. The standard InChI is InChI=1S/C66H128O17P2/c1-5-9-13-17-20-23-26-29-31-34-36-39-43-47-51-64(69)77-57-62(83-66(71)53-49-45-41-38-35-32-30-27-24-21-18-14-10-6-2)59-81-85(74,75)79-55-60(67)54-78-84(72,73)80-58-61(56-76-63(68)50-46-42-16-12-8-4)82-65(70)52-48-44-40-37-33-28-25-22-19-15-11-7-3/h60-62,67H,5-59H2,1-4H3,(H,72,73)(H,74,75)/t60-,61+,62+/m0/s1. The SMILES string of the molecule is CCCCCCCCCCCCCCCCC(=O)OC[C@H](COP(=O)(O)OC[C@@H](O)COP(=O)(O)OC[C@@H](COC(=O)CCCCCCC)OC(=O)CCCCCCCCCCCCCC)OC(=O)CCCCCCCCCCCCCCCC. The van der Waals surface area contributed by atoms with Gasteiger partial charge in [-0.3, -0.25) is 37.3 Å². The molecular formula is C66H128O17P2. The molecule has 85 heavy (non-hydrogen) atoms. The first-order valence-electron chi connectivity index (χ1n) is 34.8. The lowest BCUT2D eigenvalue weighted by Gasteiger charge is -2.21. The van der Waals surface area contributed by atoms with Gasteiger partial charge < -0.3 is 33.8 Å². The summed E-state index contributed by atoms with van der Waals surface area (Å²) in [7, 11) is -9.88. The number of aliphatic hydroxyl groups is 1. The molecule has 0 radical (unpaired) electrons. The summed E-state index contributed by atoms with van der Waals surface area (Å²) >= 11 is 0. The van der Waals surface area contributed by atoms with Crippen LogP contribution < -0.4 is 0 Å². The van der Waals surface area contributed by atoms with Crippen LogP contribution in [0.5, 0.6) is 0 Å². The molecule has 0 heterocycles. The van der Waals surface area contributed by atoms with Crippen molar-refractivity contribution in [1.82, 2.24) is 0 Å². The quantitative estimate of drug-likeness (QED) is 0.0222. The first-order valence-corrected chi connectivity index (χ1v) is 37.8. The topological polar surface area (TPSA) is 237 Å². The summed E-state index contributed by atoms with van der Waals surface area (Å²) in [6.45, 7) is 4.84. The second-order valence-corrected chi connectivity index (χ2v) is 26.8. The number of esters is 4. The van der Waals surface area contributed by atoms with Gasteiger partial charge in [0.25, 0.3) is 0 Å². The zero-order chi connectivity index (χ0) is 62.6. The van der Waals surface area contributed by atoms with Crippen LogP contribution in [-0.2, 0) is 65.4 Å². The number of phosphoric ester groups is 2. The molecule has 0 aromatic carbocycles. The Labute approximate surface area is 517 Å². The molecule has 0 rings (SSSR count). The minimum atomic E-state index is -4.94. The van der Waals surface area contributed by atoms with E-state index >= 15 is 0 Å². The Morgan fingerprint density at radius 1 is 0.282 bits per heavy atom. The minimum Gasteiger partial charge on any atom is -0.462 e. The van der Waals surface area contributed by atoms with Crippen LogP contribution in [0, 0.1) is 0 Å². The maximum absolute atomic E-state index is 13.0. The number of hydrogen-bond donors (Lipinski definition) is 3. The molecular weight excluding hydrogens is 1130 g/mol. The van der Waals surface area contributed by atoms with Gasteiger partial charge in [0.2, 0.25) is 0 Å². The molecule has 2 unspecified atom stereocenters. The number of carbonyl (C=O) groups excluding carboxylic acids is 4. The van der Waals surface area contributed by atoms with Crippen LogP contribution in [0.25, 0.3) is 0 Å². The number of hydrogen-bond acceptors (Lipinski definition) is 15. The first-order chi connectivity index (χ1) is 41.2. The lowest BCUT2D eigenvalue weighted by Crippen LogP contribution is -2.30. The van der Waals surface area contributed by atoms with E-state index in [0.717, 1.165) is 96.3 Å². The van der Waals surface area contributed by atoms with Gasteiger partial charge in [-0.15, -0.1) is 0 Å². The third-order valence-electron chi connectivity index (χ3n) is 15.4. The first kappa shape index (κ1) is 83.1. The summed E-state index contributed by atoms with van der Waals surface area (Å²) < 4.78 is 67.9. The van der Waals surface area contributed by atoms with Crippen LogP contribution in [0.15, 0.2) is 0 Å². The number of unbranched alkanes of at least 4 members (excludes halogenated alkanes) is 41. The van der Waals surface area contributed by atoms with E-state index in [2.05, 4.69) is 27.7 Å². The maximum atomic E-state index is 13.0. The molecule has 19 heteroatoms. The van der Waals surface area contributed by atoms with E-state index in [1.807, 2.05) is 0 Å². The van der Waals surface area contributed by atoms with Crippen LogP contribution in [0.4, 0.5) is 0 Å². The summed E-state index contributed by atoms with van der Waals surface area (Å²) in [5.74, 6) is -2.14. The molecule has 0 aromatic rings. The highest BCUT2D eigenvalue weighted by Crippen LogP contribution is 2.45. The molecule has 0 aliphatic rings. The van der Waals surface area contributed by atoms with Crippen LogP contribution in [-0.4, -0.2) is 96.7 Å². The molecule has 0 saturated heterocycles. The summed E-state index contributed by atoms with van der Waals surface area (Å²) in [5, 5.41) is 10.5. The van der Waals surface area contributed by atoms with Gasteiger partial charge in [0, 0.05) is 25.7 Å². The number of carbonyl (C=O) groups is 4. The fourth-order valence-corrected chi connectivity index (χ4v) is 11.6. The molecule has 17 nitrogen and oxygen atoms in total. The molecule has 3 N–H and O–H groups in total. The summed E-state index contributed by atoms with van der Waals surface area (Å²) in [5.41, 5.74) is 0. The van der Waals surface area contributed by atoms with E-state index in [0.29, 0.717) is 25.7 Å². The van der Waals surface area contributed by atoms with E-state index in [1.165, 1.54) is 167 Å². The smallest absolute Gasteiger partial charge is 0.462 e. The van der Waals surface area contributed by atoms with Crippen LogP contribution >= 0.6 is 15.6 Å². The van der Waals surface area contributed by atoms with Crippen molar-refractivity contribution in [3.8, 4) is 0 Å². The highest BCUT2D eigenvalue weighted by molar-refractivity contribution is 7.47. The minimum absolute atomic E-state index is 0.107. The molecule has 5 atom stereocenters. The van der Waals surface area contributed by atoms with Crippen molar-refractivity contribution in [2.75, 3.05) is 39.6 Å². The third-order valence-corrected chi connectivity index (χ3v) is 17.3. The molecule has 0 fully saturated rings. The summed E-state index contributed by atoms with van der Waals surface area (Å²) in [4.78, 5) is 72.1. The predicted molar refractivity (Wildman–Crippen MR) is 340 cm³/mol. The van der Waals surface area contributed by atoms with E-state index in [9.17, 15) is 43.2 Å². The average molecular weight is 1260 g/mol. The predicted octanol–water partition coefficient (Wildman–Crippen LogP) is 18.7. The van der Waals surface area contributed by atoms with Gasteiger partial charge >= 0.3 is 39.5 Å². The normalized spacial score (nSPS) is 14.1. The Hall–Kier alpha value is -1.94. The van der Waals surface area contributed by atoms with E-state index in [4.69, 9.17) is 37.0 Å². The van der Waals surface area contributed by atoms with Crippen molar-refractivity contribution in [2.24, 2.45) is 0 Å². The van der Waals surface area contributed by atoms with Crippen molar-refractivity contribution in [3.63, 3.8) is 0 Å². The Balaban J connectivity index is 5.16. The lowest BCUT2D eigenvalue weighted by atomic mass is 10.0. The highest BCUT2D eigenvalue weighted by Gasteiger charge is 2.30. The maximum Gasteiger partial charge on any atom is 0.472 e. The van der Waals surface area contributed by atoms with Crippen molar-refractivity contribution in [1.29, 1.82) is 0 Å². The van der Waals surface area contributed by atoms with Gasteiger partial charge in [-0.25, -0.2) is 9.13 Å². The van der Waals surface area contributed by atoms with Gasteiger partial charge in [0.05, 0.1) is 26.4 Å². The zero-order valence-corrected chi connectivity index (χ0v) is 56.4. The van der Waals surface area contributed by atoms with Crippen LogP contribution in [0.1, 0.15) is 342 Å². The largest absolute Gasteiger partial charge is 0.472 e. The van der Waals surface area contributed by atoms with E-state index in [-0.39, 0.29) is 25.7 Å². The van der Waals surface area contributed by atoms with Crippen molar-refractivity contribution < 1.29 is 80.2 Å². The van der Waals surface area contributed by atoms with Crippen LogP contribution in [0.2, 0.25) is 0 Å². The summed E-state index contributed by atoms with van der Waals surface area (Å²) in [6, 6.07) is 0. The highest BCUT2D eigenvalue weighted by atomic mass is 31.2. The van der Waals surface area contributed by atoms with Crippen LogP contribution in [0.3, 0.4) is 0 Å². The van der Waals surface area contributed by atoms with E-state index in [1.54, 1.807) is 0 Å². The number of phosphoric acid groups is 2. The van der Waals surface area contributed by atoms with E-state index < -0.39 is 97.5 Å². The molecule has 504 valence electrons. The van der Waals surface area contributed by atoms with Crippen molar-refractivity contribution in [2.45, 2.75) is 361 Å². The van der Waals surface area contributed by atoms with Gasteiger partial charge in [0.1, 0.15) is 19.3 Å². The molecule has 0 spiro atoms. The second-order valence-electron chi connectivity index (χ2n) is 23.9. The van der Waals surface area contributed by atoms with Gasteiger partial charge in [0.15, 0.2) is 12.2 Å². The molecule has 0 amide bonds. The Bertz CT molecular complexity index is 1640. The molecule has 0 aliphatic heterocycles. The van der Waals surface area contributed by atoms with Crippen molar-refractivity contribution >= 4 is 39.5 Å². The monoisotopic (exact) mass is 1250 g/mol. The molecule has 0 aliphatic carbocycles. The van der Waals surface area contributed by atoms with Gasteiger partial charge in [-0.2, -0.15) is 0 Å². The fourth-order valence-electron chi connectivity index (χ4n) is 9.99. The molecule has 0 aromatic heterocycles. The zero-order valence-electron chi connectivity index (χ0n) is 54.6. The average Bonchev–Trinajstić information content (AvgIpc) is 3.55. The Morgan fingerprint density at radius 3 is 0.694 bits per heavy atom. The lowest BCUT2D eigenvalue weighted by molar-refractivity contribution is -0.161. The molecule has 0 saturated carbocycles. The summed E-state index contributed by atoms with van der Waals surface area (Å²) in [6.07, 6.45) is 47.4. The molecule has 0 bridgehead atoms. The van der Waals surface area contributed by atoms with Gasteiger partial charge in [-0.05, 0) is 25.7 Å². The number of rotatable bonds is 67.